The van der Waals surface area contributed by atoms with E-state index in [1.54, 1.807) is 43.5 Å². The monoisotopic (exact) mass is 371 g/mol. The van der Waals surface area contributed by atoms with E-state index in [2.05, 4.69) is 5.32 Å². The Morgan fingerprint density at radius 3 is 2.41 bits per heavy atom. The summed E-state index contributed by atoms with van der Waals surface area (Å²) in [7, 11) is 1.63. The second-order valence-corrected chi connectivity index (χ2v) is 6.29. The summed E-state index contributed by atoms with van der Waals surface area (Å²) in [6.07, 6.45) is 2.30. The number of ether oxygens (including phenoxy) is 4. The van der Waals surface area contributed by atoms with Gasteiger partial charge in [0.1, 0.15) is 24.7 Å². The van der Waals surface area contributed by atoms with Crippen LogP contribution in [0.1, 0.15) is 23.2 Å². The zero-order valence-electron chi connectivity index (χ0n) is 15.5. The fraction of sp³-hybridized carbons (Fsp3) is 0.381. The van der Waals surface area contributed by atoms with Gasteiger partial charge in [-0.1, -0.05) is 0 Å². The summed E-state index contributed by atoms with van der Waals surface area (Å²) in [5.41, 5.74) is 1.28. The van der Waals surface area contributed by atoms with Crippen molar-refractivity contribution in [1.29, 1.82) is 0 Å². The molecule has 0 radical (unpaired) electrons. The van der Waals surface area contributed by atoms with Gasteiger partial charge in [0.05, 0.1) is 12.7 Å². The van der Waals surface area contributed by atoms with Crippen LogP contribution >= 0.6 is 0 Å². The van der Waals surface area contributed by atoms with Crippen LogP contribution in [0.5, 0.6) is 11.5 Å². The van der Waals surface area contributed by atoms with Gasteiger partial charge in [-0.15, -0.1) is 0 Å². The number of hydrogen-bond acceptors (Lipinski definition) is 5. The zero-order valence-corrected chi connectivity index (χ0v) is 15.5. The zero-order chi connectivity index (χ0) is 18.9. The van der Waals surface area contributed by atoms with Gasteiger partial charge < -0.3 is 24.3 Å². The number of rotatable bonds is 9. The lowest BCUT2D eigenvalue weighted by atomic mass is 10.2. The fourth-order valence-electron chi connectivity index (χ4n) is 2.75. The van der Waals surface area contributed by atoms with E-state index >= 15 is 0 Å². The molecule has 144 valence electrons. The van der Waals surface area contributed by atoms with Gasteiger partial charge in [-0.3, -0.25) is 4.79 Å². The summed E-state index contributed by atoms with van der Waals surface area (Å²) in [5.74, 6) is 1.30. The van der Waals surface area contributed by atoms with Crippen LogP contribution in [-0.2, 0) is 9.47 Å². The van der Waals surface area contributed by atoms with Crippen LogP contribution in [0.4, 0.5) is 5.69 Å². The summed E-state index contributed by atoms with van der Waals surface area (Å²) in [4.78, 5) is 12.4. The molecule has 6 nitrogen and oxygen atoms in total. The van der Waals surface area contributed by atoms with Gasteiger partial charge in [0.15, 0.2) is 0 Å². The molecule has 1 saturated heterocycles. The maximum atomic E-state index is 12.4. The molecule has 3 rings (SSSR count). The van der Waals surface area contributed by atoms with Gasteiger partial charge >= 0.3 is 0 Å². The van der Waals surface area contributed by atoms with Gasteiger partial charge in [0.2, 0.25) is 0 Å². The third-order valence-electron chi connectivity index (χ3n) is 4.24. The molecule has 0 aromatic heterocycles. The summed E-state index contributed by atoms with van der Waals surface area (Å²) in [5, 5.41) is 2.87. The Hall–Kier alpha value is -2.57. The van der Waals surface area contributed by atoms with Crippen LogP contribution in [0.15, 0.2) is 48.5 Å². The predicted octanol–water partition coefficient (Wildman–Crippen LogP) is 3.52. The van der Waals surface area contributed by atoms with Gasteiger partial charge in [-0.05, 0) is 61.4 Å². The first kappa shape index (κ1) is 19.2. The minimum atomic E-state index is -0.172. The van der Waals surface area contributed by atoms with Crippen molar-refractivity contribution < 1.29 is 23.7 Å². The highest BCUT2D eigenvalue weighted by molar-refractivity contribution is 6.04. The smallest absolute Gasteiger partial charge is 0.255 e. The molecule has 1 N–H and O–H groups in total. The minimum absolute atomic E-state index is 0.172. The van der Waals surface area contributed by atoms with Crippen molar-refractivity contribution >= 4 is 11.6 Å². The van der Waals surface area contributed by atoms with Crippen molar-refractivity contribution in [2.45, 2.75) is 18.9 Å². The number of carbonyl (C=O) groups excluding carboxylic acids is 1. The van der Waals surface area contributed by atoms with Crippen molar-refractivity contribution in [1.82, 2.24) is 0 Å². The molecule has 2 aromatic carbocycles. The van der Waals surface area contributed by atoms with Crippen LogP contribution in [-0.4, -0.2) is 45.5 Å². The number of nitrogens with one attached hydrogen (secondary N) is 1. The highest BCUT2D eigenvalue weighted by atomic mass is 16.5. The molecular weight excluding hydrogens is 346 g/mol. The summed E-state index contributed by atoms with van der Waals surface area (Å²) >= 11 is 0. The maximum absolute atomic E-state index is 12.4. The summed E-state index contributed by atoms with van der Waals surface area (Å²) < 4.78 is 21.7. The molecule has 1 aliphatic heterocycles. The Morgan fingerprint density at radius 1 is 1.04 bits per heavy atom. The van der Waals surface area contributed by atoms with E-state index in [4.69, 9.17) is 18.9 Å². The van der Waals surface area contributed by atoms with E-state index in [-0.39, 0.29) is 12.0 Å². The molecular formula is C21H25NO5. The number of amides is 1. The minimum Gasteiger partial charge on any atom is -0.491 e. The van der Waals surface area contributed by atoms with E-state index in [0.717, 1.165) is 30.9 Å². The van der Waals surface area contributed by atoms with Crippen molar-refractivity contribution in [2.75, 3.05) is 38.9 Å². The normalized spacial score (nSPS) is 16.1. The van der Waals surface area contributed by atoms with Crippen LogP contribution < -0.4 is 14.8 Å². The molecule has 1 fully saturated rings. The molecule has 6 heteroatoms. The number of carbonyl (C=O) groups is 1. The van der Waals surface area contributed by atoms with Crippen LogP contribution in [0.25, 0.3) is 0 Å². The number of anilines is 1. The average molecular weight is 371 g/mol. The Labute approximate surface area is 159 Å². The Bertz CT molecular complexity index is 708. The van der Waals surface area contributed by atoms with Crippen molar-refractivity contribution in [3.63, 3.8) is 0 Å². The molecule has 0 spiro atoms. The topological polar surface area (TPSA) is 66.0 Å². The summed E-state index contributed by atoms with van der Waals surface area (Å²) in [6.45, 7) is 2.38. The van der Waals surface area contributed by atoms with Crippen molar-refractivity contribution in [3.05, 3.63) is 54.1 Å². The number of methoxy groups -OCH3 is 1. The molecule has 1 amide bonds. The number of hydrogen-bond donors (Lipinski definition) is 1. The third-order valence-corrected chi connectivity index (χ3v) is 4.24. The summed E-state index contributed by atoms with van der Waals surface area (Å²) in [6, 6.07) is 14.3. The second kappa shape index (κ2) is 9.94. The molecule has 0 aliphatic carbocycles. The first-order valence-electron chi connectivity index (χ1n) is 9.12. The molecule has 0 saturated carbocycles. The van der Waals surface area contributed by atoms with E-state index in [1.807, 2.05) is 12.1 Å². The SMILES string of the molecule is COCCOc1ccc(NC(=O)c2ccc(OCC3CCCO3)cc2)cc1. The standard InChI is InChI=1S/C21H25NO5/c1-24-13-14-26-18-10-6-17(7-11-18)22-21(23)16-4-8-19(9-5-16)27-15-20-3-2-12-25-20/h4-11,20H,2-3,12-15H2,1H3,(H,22,23). The number of benzene rings is 2. The highest BCUT2D eigenvalue weighted by Gasteiger charge is 2.16. The molecule has 1 heterocycles. The molecule has 1 atom stereocenters. The first-order chi connectivity index (χ1) is 13.2. The van der Waals surface area contributed by atoms with E-state index in [0.29, 0.717) is 31.1 Å². The van der Waals surface area contributed by atoms with E-state index in [9.17, 15) is 4.79 Å². The van der Waals surface area contributed by atoms with Crippen molar-refractivity contribution in [3.8, 4) is 11.5 Å². The van der Waals surface area contributed by atoms with E-state index in [1.165, 1.54) is 0 Å². The Morgan fingerprint density at radius 2 is 1.74 bits per heavy atom. The molecule has 27 heavy (non-hydrogen) atoms. The average Bonchev–Trinajstić information content (AvgIpc) is 3.22. The predicted molar refractivity (Wildman–Crippen MR) is 103 cm³/mol. The second-order valence-electron chi connectivity index (χ2n) is 6.29. The molecule has 1 unspecified atom stereocenters. The van der Waals surface area contributed by atoms with Crippen LogP contribution in [0, 0.1) is 0 Å². The fourth-order valence-corrected chi connectivity index (χ4v) is 2.75. The van der Waals surface area contributed by atoms with Gasteiger partial charge in [0.25, 0.3) is 5.91 Å². The van der Waals surface area contributed by atoms with Crippen LogP contribution in [0.2, 0.25) is 0 Å². The molecule has 1 aliphatic rings. The Balaban J connectivity index is 1.48. The van der Waals surface area contributed by atoms with Gasteiger partial charge in [-0.25, -0.2) is 0 Å². The van der Waals surface area contributed by atoms with Crippen molar-refractivity contribution in [2.24, 2.45) is 0 Å². The van der Waals surface area contributed by atoms with Crippen LogP contribution in [0.3, 0.4) is 0 Å². The molecule has 0 bridgehead atoms. The quantitative estimate of drug-likeness (QED) is 0.683. The Kier molecular flexibility index (Phi) is 7.07. The third kappa shape index (κ3) is 5.98. The van der Waals surface area contributed by atoms with E-state index < -0.39 is 0 Å². The lowest BCUT2D eigenvalue weighted by Gasteiger charge is -2.12. The lowest BCUT2D eigenvalue weighted by Crippen LogP contribution is -2.16. The highest BCUT2D eigenvalue weighted by Crippen LogP contribution is 2.19. The molecule has 2 aromatic rings. The maximum Gasteiger partial charge on any atom is 0.255 e. The van der Waals surface area contributed by atoms with Gasteiger partial charge in [0, 0.05) is 25.0 Å². The largest absolute Gasteiger partial charge is 0.491 e. The van der Waals surface area contributed by atoms with Gasteiger partial charge in [-0.2, -0.15) is 0 Å². The lowest BCUT2D eigenvalue weighted by molar-refractivity contribution is 0.0679. The first-order valence-corrected chi connectivity index (χ1v) is 9.12.